The van der Waals surface area contributed by atoms with Gasteiger partial charge in [-0.3, -0.25) is 9.59 Å². The van der Waals surface area contributed by atoms with Gasteiger partial charge in [-0.15, -0.1) is 11.3 Å². The predicted octanol–water partition coefficient (Wildman–Crippen LogP) is 5.61. The minimum Gasteiger partial charge on any atom is -0.383 e. The van der Waals surface area contributed by atoms with Gasteiger partial charge in [0.2, 0.25) is 11.9 Å². The molecule has 44 heavy (non-hydrogen) atoms. The summed E-state index contributed by atoms with van der Waals surface area (Å²) in [6.45, 7) is 2.66. The summed E-state index contributed by atoms with van der Waals surface area (Å²) >= 11 is 1.35. The summed E-state index contributed by atoms with van der Waals surface area (Å²) < 4.78 is 39.2. The van der Waals surface area contributed by atoms with E-state index in [0.717, 1.165) is 39.4 Å². The number of aromatic nitrogens is 3. The van der Waals surface area contributed by atoms with Crippen LogP contribution in [0.2, 0.25) is 0 Å². The number of thiazole rings is 1. The molecular formula is C31H29F3N6O3S. The molecule has 228 valence electrons. The lowest BCUT2D eigenvalue weighted by molar-refractivity contribution is -0.141. The van der Waals surface area contributed by atoms with Gasteiger partial charge < -0.3 is 21.1 Å². The molecule has 6 rings (SSSR count). The first kappa shape index (κ1) is 29.7. The van der Waals surface area contributed by atoms with Crippen LogP contribution in [0.5, 0.6) is 0 Å². The topological polar surface area (TPSA) is 129 Å². The Morgan fingerprint density at radius 2 is 1.95 bits per heavy atom. The second-order valence-corrected chi connectivity index (χ2v) is 12.2. The molecule has 4 N–H and O–H groups in total. The molecule has 0 spiro atoms. The molecule has 9 nitrogen and oxygen atoms in total. The largest absolute Gasteiger partial charge is 0.433 e. The van der Waals surface area contributed by atoms with Gasteiger partial charge in [-0.1, -0.05) is 18.2 Å². The molecule has 1 saturated carbocycles. The number of anilines is 2. The molecule has 13 heteroatoms. The molecule has 1 aliphatic carbocycles. The average molecular weight is 623 g/mol. The van der Waals surface area contributed by atoms with E-state index in [-0.39, 0.29) is 23.7 Å². The molecule has 3 heterocycles. The summed E-state index contributed by atoms with van der Waals surface area (Å²) in [5, 5.41) is 20.7. The number of rotatable bonds is 7. The fourth-order valence-electron chi connectivity index (χ4n) is 5.71. The van der Waals surface area contributed by atoms with E-state index in [4.69, 9.17) is 0 Å². The highest BCUT2D eigenvalue weighted by atomic mass is 32.1. The summed E-state index contributed by atoms with van der Waals surface area (Å²) in [7, 11) is 0. The zero-order valence-corrected chi connectivity index (χ0v) is 24.5. The molecule has 0 saturated heterocycles. The minimum absolute atomic E-state index is 0.0775. The van der Waals surface area contributed by atoms with Gasteiger partial charge >= 0.3 is 6.18 Å². The zero-order valence-electron chi connectivity index (χ0n) is 23.7. The van der Waals surface area contributed by atoms with Crippen molar-refractivity contribution in [3.05, 3.63) is 87.8 Å². The van der Waals surface area contributed by atoms with Crippen molar-refractivity contribution >= 4 is 34.8 Å². The summed E-state index contributed by atoms with van der Waals surface area (Å²) in [4.78, 5) is 37.7. The van der Waals surface area contributed by atoms with Crippen LogP contribution >= 0.6 is 11.3 Å². The number of nitrogens with zero attached hydrogens (tertiary/aromatic N) is 3. The lowest BCUT2D eigenvalue weighted by Crippen LogP contribution is -2.38. The summed E-state index contributed by atoms with van der Waals surface area (Å²) in [6, 6.07) is 11.8. The van der Waals surface area contributed by atoms with E-state index in [2.05, 4.69) is 30.9 Å². The van der Waals surface area contributed by atoms with Crippen LogP contribution in [-0.4, -0.2) is 31.9 Å². The van der Waals surface area contributed by atoms with E-state index >= 15 is 0 Å². The van der Waals surface area contributed by atoms with Gasteiger partial charge in [0.15, 0.2) is 0 Å². The summed E-state index contributed by atoms with van der Waals surface area (Å²) in [5.74, 6) is -0.591. The normalized spacial score (nSPS) is 19.8. The van der Waals surface area contributed by atoms with Crippen LogP contribution in [0.15, 0.2) is 54.9 Å². The van der Waals surface area contributed by atoms with Crippen LogP contribution in [0.25, 0.3) is 10.4 Å². The number of fused-ring (bicyclic) bond motifs is 1. The third-order valence-electron chi connectivity index (χ3n) is 8.05. The molecule has 2 aliphatic rings. The fraction of sp³-hybridized carbons (Fsp3) is 0.323. The van der Waals surface area contributed by atoms with Crippen molar-refractivity contribution in [3.8, 4) is 10.4 Å². The van der Waals surface area contributed by atoms with E-state index in [9.17, 15) is 27.9 Å². The van der Waals surface area contributed by atoms with E-state index in [1.807, 2.05) is 25.1 Å². The van der Waals surface area contributed by atoms with Crippen molar-refractivity contribution in [3.63, 3.8) is 0 Å². The lowest BCUT2D eigenvalue weighted by atomic mass is 9.78. The van der Waals surface area contributed by atoms with Crippen LogP contribution in [0.4, 0.5) is 24.8 Å². The maximum Gasteiger partial charge on any atom is 0.433 e. The van der Waals surface area contributed by atoms with Crippen LogP contribution in [0.1, 0.15) is 63.4 Å². The maximum atomic E-state index is 13.1. The van der Waals surface area contributed by atoms with Crippen molar-refractivity contribution in [2.24, 2.45) is 5.92 Å². The molecule has 0 unspecified atom stereocenters. The van der Waals surface area contributed by atoms with Gasteiger partial charge in [0, 0.05) is 42.7 Å². The zero-order chi connectivity index (χ0) is 31.1. The van der Waals surface area contributed by atoms with E-state index < -0.39 is 17.5 Å². The Morgan fingerprint density at radius 1 is 1.16 bits per heavy atom. The Labute approximate surface area is 255 Å². The highest BCUT2D eigenvalue weighted by Crippen LogP contribution is 2.43. The monoisotopic (exact) mass is 622 g/mol. The number of nitrogens with one attached hydrogen (secondary N) is 3. The molecule has 1 aliphatic heterocycles. The summed E-state index contributed by atoms with van der Waals surface area (Å²) in [5.41, 5.74) is 2.43. The van der Waals surface area contributed by atoms with E-state index in [0.29, 0.717) is 55.0 Å². The highest BCUT2D eigenvalue weighted by Gasteiger charge is 2.39. The third-order valence-corrected chi connectivity index (χ3v) is 9.29. The SMILES string of the molecule is Cc1cc(Nc2nccc(C(F)(F)F)n2)cc(-c2cnc([C@]3(O)CC[C@@H](C(=O)NCc4cccc5c4CNC5=O)CC3)s2)c1. The predicted molar refractivity (Wildman–Crippen MR) is 158 cm³/mol. The number of carbonyl (C=O) groups is 2. The number of aryl methyl sites for hydroxylation is 1. The molecule has 0 radical (unpaired) electrons. The van der Waals surface area contributed by atoms with Crippen LogP contribution in [0, 0.1) is 12.8 Å². The number of amides is 2. The van der Waals surface area contributed by atoms with Gasteiger partial charge in [-0.05, 0) is 79.1 Å². The Kier molecular flexibility index (Phi) is 7.84. The lowest BCUT2D eigenvalue weighted by Gasteiger charge is -2.34. The Morgan fingerprint density at radius 3 is 2.73 bits per heavy atom. The Hall–Kier alpha value is -4.36. The second kappa shape index (κ2) is 11.6. The van der Waals surface area contributed by atoms with Gasteiger partial charge in [0.1, 0.15) is 16.3 Å². The molecule has 4 aromatic rings. The van der Waals surface area contributed by atoms with Crippen molar-refractivity contribution in [1.29, 1.82) is 0 Å². The van der Waals surface area contributed by atoms with Crippen molar-refractivity contribution in [2.75, 3.05) is 5.32 Å². The van der Waals surface area contributed by atoms with Crippen LogP contribution in [0.3, 0.4) is 0 Å². The molecular weight excluding hydrogens is 593 g/mol. The highest BCUT2D eigenvalue weighted by molar-refractivity contribution is 7.15. The van der Waals surface area contributed by atoms with Crippen molar-refractivity contribution < 1.29 is 27.9 Å². The quantitative estimate of drug-likeness (QED) is 0.211. The third kappa shape index (κ3) is 6.15. The Bertz CT molecular complexity index is 1730. The number of carbonyl (C=O) groups excluding carboxylic acids is 2. The molecule has 2 aromatic heterocycles. The molecule has 0 bridgehead atoms. The number of benzene rings is 2. The van der Waals surface area contributed by atoms with Gasteiger partial charge in [0.25, 0.3) is 5.91 Å². The smallest absolute Gasteiger partial charge is 0.383 e. The first-order chi connectivity index (χ1) is 21.0. The number of alkyl halides is 3. The standard InChI is InChI=1S/C31H29F3N6O3S/c1-17-11-20(13-21(12-17)39-29-35-10-7-25(40-29)31(32,33)34)24-16-38-28(44-24)30(43)8-5-18(6-9-30)26(41)36-14-19-3-2-4-22-23(19)15-37-27(22)42/h2-4,7,10-13,16,18,43H,5-6,8-9,14-15H2,1H3,(H,36,41)(H,37,42)(H,35,39,40)/t18-,30+. The van der Waals surface area contributed by atoms with Gasteiger partial charge in [0.05, 0.1) is 4.88 Å². The average Bonchev–Trinajstić information content (AvgIpc) is 3.64. The first-order valence-electron chi connectivity index (χ1n) is 14.1. The van der Waals surface area contributed by atoms with Crippen molar-refractivity contribution in [2.45, 2.75) is 57.5 Å². The number of halogens is 3. The van der Waals surface area contributed by atoms with E-state index in [1.165, 1.54) is 11.3 Å². The molecule has 0 atom stereocenters. The first-order valence-corrected chi connectivity index (χ1v) is 14.9. The van der Waals surface area contributed by atoms with Crippen molar-refractivity contribution in [1.82, 2.24) is 25.6 Å². The van der Waals surface area contributed by atoms with Crippen LogP contribution in [-0.2, 0) is 29.7 Å². The summed E-state index contributed by atoms with van der Waals surface area (Å²) in [6.07, 6.45) is -0.0934. The molecule has 2 aromatic carbocycles. The number of hydrogen-bond acceptors (Lipinski definition) is 8. The second-order valence-electron chi connectivity index (χ2n) is 11.2. The number of hydrogen-bond donors (Lipinski definition) is 4. The minimum atomic E-state index is -4.58. The van der Waals surface area contributed by atoms with E-state index in [1.54, 1.807) is 24.4 Å². The molecule has 1 fully saturated rings. The fourth-order valence-corrected chi connectivity index (χ4v) is 6.76. The van der Waals surface area contributed by atoms with Gasteiger partial charge in [-0.25, -0.2) is 15.0 Å². The Balaban J connectivity index is 1.09. The maximum absolute atomic E-state index is 13.1. The number of aliphatic hydroxyl groups is 1. The van der Waals surface area contributed by atoms with Crippen LogP contribution < -0.4 is 16.0 Å². The molecule has 2 amide bonds. The van der Waals surface area contributed by atoms with Gasteiger partial charge in [-0.2, -0.15) is 13.2 Å².